The van der Waals surface area contributed by atoms with Gasteiger partial charge in [0.15, 0.2) is 0 Å². The van der Waals surface area contributed by atoms with Crippen molar-refractivity contribution in [2.24, 2.45) is 0 Å². The number of anilines is 1. The van der Waals surface area contributed by atoms with Crippen molar-refractivity contribution >= 4 is 23.6 Å². The molecule has 2 rings (SSSR count). The summed E-state index contributed by atoms with van der Waals surface area (Å²) >= 11 is 6.21. The summed E-state index contributed by atoms with van der Waals surface area (Å²) in [4.78, 5) is 12.8. The normalized spacial score (nSPS) is 10.3. The summed E-state index contributed by atoms with van der Waals surface area (Å²) in [6.45, 7) is 2.88. The van der Waals surface area contributed by atoms with Crippen molar-refractivity contribution in [3.05, 3.63) is 64.2 Å². The van der Waals surface area contributed by atoms with Crippen molar-refractivity contribution in [1.29, 1.82) is 0 Å². The first kappa shape index (κ1) is 13.6. The zero-order valence-corrected chi connectivity index (χ0v) is 11.8. The maximum atomic E-state index is 10.7. The first-order valence-electron chi connectivity index (χ1n) is 6.12. The number of carbonyl (C=O) groups excluding carboxylic acids is 1. The first-order chi connectivity index (χ1) is 9.11. The number of rotatable bonds is 4. The summed E-state index contributed by atoms with van der Waals surface area (Å²) in [5.41, 5.74) is 4.05. The van der Waals surface area contributed by atoms with Crippen molar-refractivity contribution in [2.75, 3.05) is 11.9 Å². The third kappa shape index (κ3) is 3.15. The highest BCUT2D eigenvalue weighted by molar-refractivity contribution is 6.33. The Balaban J connectivity index is 2.23. The lowest BCUT2D eigenvalue weighted by Gasteiger charge is -2.21. The quantitative estimate of drug-likeness (QED) is 0.782. The van der Waals surface area contributed by atoms with Gasteiger partial charge in [-0.3, -0.25) is 4.79 Å². The molecule has 0 N–H and O–H groups in total. The zero-order valence-electron chi connectivity index (χ0n) is 11.1. The number of benzene rings is 2. The molecule has 0 bridgehead atoms. The molecule has 19 heavy (non-hydrogen) atoms. The van der Waals surface area contributed by atoms with Gasteiger partial charge in [-0.15, -0.1) is 0 Å². The Morgan fingerprint density at radius 1 is 1.21 bits per heavy atom. The van der Waals surface area contributed by atoms with E-state index < -0.39 is 0 Å². The fourth-order valence-electron chi connectivity index (χ4n) is 2.03. The summed E-state index contributed by atoms with van der Waals surface area (Å²) < 4.78 is 0. The summed E-state index contributed by atoms with van der Waals surface area (Å²) in [6.07, 6.45) is 0.803. The van der Waals surface area contributed by atoms with Crippen LogP contribution in [-0.4, -0.2) is 13.3 Å². The Labute approximate surface area is 118 Å². The molecular weight excluding hydrogens is 258 g/mol. The fraction of sp³-hybridized carbons (Fsp3) is 0.188. The van der Waals surface area contributed by atoms with Crippen molar-refractivity contribution in [3.63, 3.8) is 0 Å². The van der Waals surface area contributed by atoms with Gasteiger partial charge in [-0.1, -0.05) is 35.9 Å². The number of nitrogens with zero attached hydrogens (tertiary/aromatic N) is 1. The highest BCUT2D eigenvalue weighted by Crippen LogP contribution is 2.27. The van der Waals surface area contributed by atoms with E-state index in [1.807, 2.05) is 25.2 Å². The fourth-order valence-corrected chi connectivity index (χ4v) is 2.37. The molecule has 0 aliphatic carbocycles. The summed E-state index contributed by atoms with van der Waals surface area (Å²) in [5.74, 6) is 0. The highest BCUT2D eigenvalue weighted by Gasteiger charge is 2.08. The number of aldehydes is 1. The van der Waals surface area contributed by atoms with Crippen LogP contribution in [0.3, 0.4) is 0 Å². The molecule has 2 aromatic carbocycles. The Bertz CT molecular complexity index is 595. The Hall–Kier alpha value is -1.80. The average molecular weight is 274 g/mol. The number of halogens is 1. The molecule has 0 fully saturated rings. The summed E-state index contributed by atoms with van der Waals surface area (Å²) in [7, 11) is 1.99. The Kier molecular flexibility index (Phi) is 4.23. The van der Waals surface area contributed by atoms with Gasteiger partial charge in [0.25, 0.3) is 0 Å². The summed E-state index contributed by atoms with van der Waals surface area (Å²) in [6, 6.07) is 13.6. The number of hydrogen-bond acceptors (Lipinski definition) is 2. The minimum Gasteiger partial charge on any atom is -0.369 e. The predicted molar refractivity (Wildman–Crippen MR) is 80.1 cm³/mol. The van der Waals surface area contributed by atoms with Crippen LogP contribution in [0.5, 0.6) is 0 Å². The maximum Gasteiger partial charge on any atom is 0.150 e. The van der Waals surface area contributed by atoms with Crippen LogP contribution in [0.1, 0.15) is 21.5 Å². The van der Waals surface area contributed by atoms with Crippen LogP contribution < -0.4 is 4.90 Å². The van der Waals surface area contributed by atoms with Crippen LogP contribution in [0, 0.1) is 6.92 Å². The minimum absolute atomic E-state index is 0.595. The van der Waals surface area contributed by atoms with Crippen LogP contribution >= 0.6 is 11.6 Å². The van der Waals surface area contributed by atoms with Crippen molar-refractivity contribution in [1.82, 2.24) is 0 Å². The molecule has 0 amide bonds. The Morgan fingerprint density at radius 2 is 1.95 bits per heavy atom. The maximum absolute atomic E-state index is 10.7. The third-order valence-corrected chi connectivity index (χ3v) is 3.49. The minimum atomic E-state index is 0.595. The van der Waals surface area contributed by atoms with E-state index in [0.29, 0.717) is 10.6 Å². The van der Waals surface area contributed by atoms with E-state index in [1.165, 1.54) is 11.1 Å². The van der Waals surface area contributed by atoms with Gasteiger partial charge in [-0.05, 0) is 36.2 Å². The molecule has 98 valence electrons. The molecule has 0 saturated heterocycles. The van der Waals surface area contributed by atoms with E-state index >= 15 is 0 Å². The largest absolute Gasteiger partial charge is 0.369 e. The third-order valence-electron chi connectivity index (χ3n) is 3.19. The molecule has 0 saturated carbocycles. The number of hydrogen-bond donors (Lipinski definition) is 0. The lowest BCUT2D eigenvalue weighted by molar-refractivity contribution is 0.112. The molecule has 0 spiro atoms. The first-order valence-corrected chi connectivity index (χ1v) is 6.50. The van der Waals surface area contributed by atoms with E-state index in [-0.39, 0.29) is 0 Å². The van der Waals surface area contributed by atoms with E-state index in [0.717, 1.165) is 18.5 Å². The van der Waals surface area contributed by atoms with Gasteiger partial charge in [0.2, 0.25) is 0 Å². The van der Waals surface area contributed by atoms with Gasteiger partial charge in [-0.2, -0.15) is 0 Å². The van der Waals surface area contributed by atoms with Crippen LogP contribution in [0.15, 0.2) is 42.5 Å². The standard InChI is InChI=1S/C16H16ClNO/c1-12-5-3-4-6-14(12)10-18(2)16-8-7-13(11-19)9-15(16)17/h3-9,11H,10H2,1-2H3. The van der Waals surface area contributed by atoms with Crippen LogP contribution in [0.2, 0.25) is 5.02 Å². The molecule has 3 heteroatoms. The second-order valence-corrected chi connectivity index (χ2v) is 5.02. The van der Waals surface area contributed by atoms with Gasteiger partial charge < -0.3 is 4.90 Å². The van der Waals surface area contributed by atoms with Gasteiger partial charge in [0, 0.05) is 19.2 Å². The zero-order chi connectivity index (χ0) is 13.8. The molecule has 0 heterocycles. The Morgan fingerprint density at radius 3 is 2.58 bits per heavy atom. The average Bonchev–Trinajstić information content (AvgIpc) is 2.41. The monoisotopic (exact) mass is 273 g/mol. The van der Waals surface area contributed by atoms with Gasteiger partial charge in [0.1, 0.15) is 6.29 Å². The van der Waals surface area contributed by atoms with Crippen molar-refractivity contribution in [2.45, 2.75) is 13.5 Å². The van der Waals surface area contributed by atoms with Crippen molar-refractivity contribution < 1.29 is 4.79 Å². The highest BCUT2D eigenvalue weighted by atomic mass is 35.5. The van der Waals surface area contributed by atoms with E-state index in [9.17, 15) is 4.79 Å². The second kappa shape index (κ2) is 5.89. The lowest BCUT2D eigenvalue weighted by atomic mass is 10.1. The van der Waals surface area contributed by atoms with Gasteiger partial charge in [0.05, 0.1) is 10.7 Å². The number of aryl methyl sites for hydroxylation is 1. The molecular formula is C16H16ClNO. The molecule has 0 atom stereocenters. The number of carbonyl (C=O) groups is 1. The van der Waals surface area contributed by atoms with Gasteiger partial charge >= 0.3 is 0 Å². The van der Waals surface area contributed by atoms with E-state index in [2.05, 4.69) is 24.0 Å². The molecule has 0 radical (unpaired) electrons. The predicted octanol–water partition coefficient (Wildman–Crippen LogP) is 4.10. The molecule has 2 nitrogen and oxygen atoms in total. The SMILES string of the molecule is Cc1ccccc1CN(C)c1ccc(C=O)cc1Cl. The molecule has 0 aromatic heterocycles. The molecule has 0 aliphatic heterocycles. The van der Waals surface area contributed by atoms with Crippen molar-refractivity contribution in [3.8, 4) is 0 Å². The summed E-state index contributed by atoms with van der Waals surface area (Å²) in [5, 5.41) is 0.598. The smallest absolute Gasteiger partial charge is 0.150 e. The molecule has 0 aliphatic rings. The van der Waals surface area contributed by atoms with E-state index in [1.54, 1.807) is 12.1 Å². The molecule has 2 aromatic rings. The molecule has 0 unspecified atom stereocenters. The second-order valence-electron chi connectivity index (χ2n) is 4.61. The topological polar surface area (TPSA) is 20.3 Å². The van der Waals surface area contributed by atoms with Crippen LogP contribution in [0.4, 0.5) is 5.69 Å². The lowest BCUT2D eigenvalue weighted by Crippen LogP contribution is -2.17. The van der Waals surface area contributed by atoms with Gasteiger partial charge in [-0.25, -0.2) is 0 Å². The van der Waals surface area contributed by atoms with E-state index in [4.69, 9.17) is 11.6 Å². The van der Waals surface area contributed by atoms with Crippen LogP contribution in [-0.2, 0) is 6.54 Å². The van der Waals surface area contributed by atoms with Crippen LogP contribution in [0.25, 0.3) is 0 Å².